The Balaban J connectivity index is 1.73. The number of carboxylic acids is 1. The van der Waals surface area contributed by atoms with Crippen LogP contribution >= 0.6 is 11.3 Å². The Bertz CT molecular complexity index is 771. The van der Waals surface area contributed by atoms with Crippen molar-refractivity contribution in [2.24, 2.45) is 0 Å². The van der Waals surface area contributed by atoms with Gasteiger partial charge in [-0.2, -0.15) is 0 Å². The molecule has 0 aliphatic carbocycles. The summed E-state index contributed by atoms with van der Waals surface area (Å²) in [5.41, 5.74) is -0.474. The van der Waals surface area contributed by atoms with E-state index in [9.17, 15) is 14.7 Å². The number of carbonyl (C=O) groups excluding carboxylic acids is 1. The first-order chi connectivity index (χ1) is 12.6. The monoisotopic (exact) mass is 374 g/mol. The van der Waals surface area contributed by atoms with Crippen LogP contribution in [0.15, 0.2) is 36.5 Å². The molecule has 2 heterocycles. The molecule has 1 saturated heterocycles. The van der Waals surface area contributed by atoms with Gasteiger partial charge in [0.25, 0.3) is 5.91 Å². The number of aromatic nitrogens is 1. The molecule has 3 rings (SSSR count). The zero-order chi connectivity index (χ0) is 18.6. The smallest absolute Gasteiger partial charge is 0.315 e. The molecule has 0 spiro atoms. The lowest BCUT2D eigenvalue weighted by molar-refractivity contribution is -0.143. The Labute approximate surface area is 156 Å². The summed E-state index contributed by atoms with van der Waals surface area (Å²) in [5.74, 6) is -1.25. The minimum Gasteiger partial charge on any atom is -0.481 e. The van der Waals surface area contributed by atoms with Gasteiger partial charge in [0.2, 0.25) is 0 Å². The number of hydrogen-bond donors (Lipinski definition) is 2. The molecule has 7 heteroatoms. The number of nitrogens with one attached hydrogen (secondary N) is 1. The highest BCUT2D eigenvalue weighted by Crippen LogP contribution is 2.32. The van der Waals surface area contributed by atoms with Crippen molar-refractivity contribution in [1.29, 1.82) is 0 Å². The lowest BCUT2D eigenvalue weighted by Crippen LogP contribution is -2.46. The first-order valence-electron chi connectivity index (χ1n) is 8.71. The molecule has 0 radical (unpaired) electrons. The van der Waals surface area contributed by atoms with Gasteiger partial charge < -0.3 is 15.2 Å². The van der Waals surface area contributed by atoms with Crippen molar-refractivity contribution in [1.82, 2.24) is 10.3 Å². The van der Waals surface area contributed by atoms with E-state index < -0.39 is 11.4 Å². The van der Waals surface area contributed by atoms with Crippen LogP contribution in [0.1, 0.15) is 52.5 Å². The third kappa shape index (κ3) is 3.64. The number of rotatable bonds is 7. The predicted octanol–water partition coefficient (Wildman–Crippen LogP) is 3.16. The fourth-order valence-corrected chi connectivity index (χ4v) is 4.09. The van der Waals surface area contributed by atoms with Gasteiger partial charge in [0.1, 0.15) is 21.4 Å². The molecule has 1 aliphatic rings. The van der Waals surface area contributed by atoms with Crippen LogP contribution < -0.4 is 5.32 Å². The molecule has 26 heavy (non-hydrogen) atoms. The maximum absolute atomic E-state index is 12.5. The molecule has 138 valence electrons. The summed E-state index contributed by atoms with van der Waals surface area (Å²) in [4.78, 5) is 29.3. The van der Waals surface area contributed by atoms with Gasteiger partial charge >= 0.3 is 5.97 Å². The van der Waals surface area contributed by atoms with Gasteiger partial charge in [-0.3, -0.25) is 9.59 Å². The molecule has 1 aromatic carbocycles. The van der Waals surface area contributed by atoms with E-state index in [1.807, 2.05) is 25.1 Å². The summed E-state index contributed by atoms with van der Waals surface area (Å²) in [6.45, 7) is 2.56. The van der Waals surface area contributed by atoms with Crippen molar-refractivity contribution in [2.75, 3.05) is 13.2 Å². The minimum atomic E-state index is -1.15. The molecule has 1 aliphatic heterocycles. The molecule has 0 bridgehead atoms. The normalized spacial score (nSPS) is 19.0. The molecule has 2 atom stereocenters. The maximum atomic E-state index is 12.5. The number of hydrogen-bond acceptors (Lipinski definition) is 5. The van der Waals surface area contributed by atoms with Crippen molar-refractivity contribution in [2.45, 2.75) is 37.7 Å². The number of thiazole rings is 1. The van der Waals surface area contributed by atoms with E-state index in [2.05, 4.69) is 10.3 Å². The van der Waals surface area contributed by atoms with Gasteiger partial charge in [-0.1, -0.05) is 37.3 Å². The first kappa shape index (κ1) is 18.5. The standard InChI is InChI=1S/C19H22N2O4S/c1-2-19(18(23)24,13-7-4-3-5-8-13)12-21-16(22)15-11-20-17(26-15)14-9-6-10-25-14/h3-5,7-8,11,14H,2,6,9-10,12H2,1H3,(H,21,22)(H,23,24). The average Bonchev–Trinajstić information content (AvgIpc) is 3.34. The SMILES string of the molecule is CCC(CNC(=O)c1cnc(C2CCCO2)s1)(C(=O)O)c1ccccc1. The van der Waals surface area contributed by atoms with Gasteiger partial charge in [0.15, 0.2) is 0 Å². The van der Waals surface area contributed by atoms with Crippen LogP contribution in [0.25, 0.3) is 0 Å². The summed E-state index contributed by atoms with van der Waals surface area (Å²) >= 11 is 1.31. The van der Waals surface area contributed by atoms with E-state index in [4.69, 9.17) is 4.74 Å². The van der Waals surface area contributed by atoms with Crippen LogP contribution in [0.5, 0.6) is 0 Å². The Morgan fingerprint density at radius 2 is 2.15 bits per heavy atom. The van der Waals surface area contributed by atoms with E-state index in [1.165, 1.54) is 17.5 Å². The Morgan fingerprint density at radius 1 is 1.38 bits per heavy atom. The van der Waals surface area contributed by atoms with Crippen LogP contribution in [0.3, 0.4) is 0 Å². The molecule has 1 aromatic heterocycles. The highest BCUT2D eigenvalue weighted by Gasteiger charge is 2.39. The zero-order valence-electron chi connectivity index (χ0n) is 14.6. The highest BCUT2D eigenvalue weighted by atomic mass is 32.1. The van der Waals surface area contributed by atoms with Gasteiger partial charge in [-0.15, -0.1) is 11.3 Å². The fraction of sp³-hybridized carbons (Fsp3) is 0.421. The lowest BCUT2D eigenvalue weighted by Gasteiger charge is -2.28. The fourth-order valence-electron chi connectivity index (χ4n) is 3.17. The summed E-state index contributed by atoms with van der Waals surface area (Å²) in [7, 11) is 0. The van der Waals surface area contributed by atoms with Crippen molar-refractivity contribution in [3.63, 3.8) is 0 Å². The highest BCUT2D eigenvalue weighted by molar-refractivity contribution is 7.13. The number of carbonyl (C=O) groups is 2. The van der Waals surface area contributed by atoms with Crippen LogP contribution in [-0.2, 0) is 14.9 Å². The molecular formula is C19H22N2O4S. The predicted molar refractivity (Wildman–Crippen MR) is 98.4 cm³/mol. The molecular weight excluding hydrogens is 352 g/mol. The van der Waals surface area contributed by atoms with E-state index in [-0.39, 0.29) is 18.6 Å². The number of nitrogens with zero attached hydrogens (tertiary/aromatic N) is 1. The quantitative estimate of drug-likeness (QED) is 0.777. The summed E-state index contributed by atoms with van der Waals surface area (Å²) in [5, 5.41) is 13.4. The molecule has 6 nitrogen and oxygen atoms in total. The first-order valence-corrected chi connectivity index (χ1v) is 9.53. The number of carboxylic acid groups (broad SMARTS) is 1. The Hall–Kier alpha value is -2.25. The van der Waals surface area contributed by atoms with Crippen molar-refractivity contribution < 1.29 is 19.4 Å². The molecule has 2 unspecified atom stereocenters. The Morgan fingerprint density at radius 3 is 2.77 bits per heavy atom. The van der Waals surface area contributed by atoms with Crippen molar-refractivity contribution >= 4 is 23.2 Å². The van der Waals surface area contributed by atoms with E-state index in [0.717, 1.165) is 24.5 Å². The summed E-state index contributed by atoms with van der Waals surface area (Å²) in [6, 6.07) is 9.02. The van der Waals surface area contributed by atoms with E-state index >= 15 is 0 Å². The molecule has 2 N–H and O–H groups in total. The van der Waals surface area contributed by atoms with E-state index in [1.54, 1.807) is 12.1 Å². The van der Waals surface area contributed by atoms with Crippen molar-refractivity contribution in [3.8, 4) is 0 Å². The number of ether oxygens (including phenoxy) is 1. The van der Waals surface area contributed by atoms with Gasteiger partial charge in [0.05, 0.1) is 6.20 Å². The molecule has 1 amide bonds. The van der Waals surface area contributed by atoms with Crippen LogP contribution in [0, 0.1) is 0 Å². The topological polar surface area (TPSA) is 88.5 Å². The Kier molecular flexibility index (Phi) is 5.68. The zero-order valence-corrected chi connectivity index (χ0v) is 15.4. The van der Waals surface area contributed by atoms with E-state index in [0.29, 0.717) is 16.9 Å². The number of amides is 1. The summed E-state index contributed by atoms with van der Waals surface area (Å²) in [6.07, 6.45) is 3.80. The molecule has 2 aromatic rings. The second-order valence-corrected chi connectivity index (χ2v) is 7.42. The second-order valence-electron chi connectivity index (χ2n) is 6.35. The van der Waals surface area contributed by atoms with Crippen LogP contribution in [0.4, 0.5) is 0 Å². The van der Waals surface area contributed by atoms with Crippen LogP contribution in [-0.4, -0.2) is 35.1 Å². The average molecular weight is 374 g/mol. The largest absolute Gasteiger partial charge is 0.481 e. The number of aliphatic carboxylic acids is 1. The van der Waals surface area contributed by atoms with Crippen LogP contribution in [0.2, 0.25) is 0 Å². The maximum Gasteiger partial charge on any atom is 0.315 e. The molecule has 1 fully saturated rings. The minimum absolute atomic E-state index is 0.0227. The van der Waals surface area contributed by atoms with Crippen molar-refractivity contribution in [3.05, 3.63) is 52.0 Å². The van der Waals surface area contributed by atoms with Gasteiger partial charge in [0, 0.05) is 13.2 Å². The van der Waals surface area contributed by atoms with Gasteiger partial charge in [-0.25, -0.2) is 4.98 Å². The third-order valence-electron chi connectivity index (χ3n) is 4.84. The second kappa shape index (κ2) is 7.97. The lowest BCUT2D eigenvalue weighted by atomic mass is 9.78. The third-order valence-corrected chi connectivity index (χ3v) is 5.93. The number of benzene rings is 1. The molecule has 0 saturated carbocycles. The summed E-state index contributed by atoms with van der Waals surface area (Å²) < 4.78 is 5.59. The van der Waals surface area contributed by atoms with Gasteiger partial charge in [-0.05, 0) is 24.8 Å².